The minimum absolute atomic E-state index is 0.0711. The van der Waals surface area contributed by atoms with Crippen LogP contribution in [-0.4, -0.2) is 20.7 Å². The molecular formula is C26H19ClF2N2O3. The van der Waals surface area contributed by atoms with Gasteiger partial charge in [-0.3, -0.25) is 0 Å². The Morgan fingerprint density at radius 3 is 2.35 bits per heavy atom. The van der Waals surface area contributed by atoms with E-state index in [1.54, 1.807) is 22.8 Å². The van der Waals surface area contributed by atoms with Crippen LogP contribution in [0.4, 0.5) is 8.78 Å². The molecule has 34 heavy (non-hydrogen) atoms. The largest absolute Gasteiger partial charge is 0.507 e. The van der Waals surface area contributed by atoms with Gasteiger partial charge in [0, 0.05) is 39.9 Å². The van der Waals surface area contributed by atoms with Crippen molar-refractivity contribution in [2.45, 2.75) is 25.7 Å². The van der Waals surface area contributed by atoms with Crippen LogP contribution in [0.1, 0.15) is 36.3 Å². The van der Waals surface area contributed by atoms with Gasteiger partial charge >= 0.3 is 5.97 Å². The fourth-order valence-electron chi connectivity index (χ4n) is 4.24. The second-order valence-electron chi connectivity index (χ2n) is 8.58. The lowest BCUT2D eigenvalue weighted by Crippen LogP contribution is -2.22. The smallest absolute Gasteiger partial charge is 0.335 e. The number of phenols is 1. The number of carboxylic acids is 1. The molecule has 1 aromatic heterocycles. The van der Waals surface area contributed by atoms with Crippen molar-refractivity contribution in [3.8, 4) is 28.6 Å². The molecule has 5 nitrogen and oxygen atoms in total. The first-order valence-electron chi connectivity index (χ1n) is 10.3. The third-order valence-corrected chi connectivity index (χ3v) is 5.97. The van der Waals surface area contributed by atoms with Crippen LogP contribution in [-0.2, 0) is 5.41 Å². The van der Waals surface area contributed by atoms with Crippen molar-refractivity contribution in [3.63, 3.8) is 0 Å². The van der Waals surface area contributed by atoms with Crippen molar-refractivity contribution in [1.29, 1.82) is 5.26 Å². The summed E-state index contributed by atoms with van der Waals surface area (Å²) < 4.78 is 29.7. The summed E-state index contributed by atoms with van der Waals surface area (Å²) in [6, 6.07) is 14.7. The molecule has 4 rings (SSSR count). The number of carbonyl (C=O) groups is 1. The van der Waals surface area contributed by atoms with E-state index in [1.807, 2.05) is 13.8 Å². The van der Waals surface area contributed by atoms with Crippen LogP contribution in [0.2, 0.25) is 5.02 Å². The highest BCUT2D eigenvalue weighted by Crippen LogP contribution is 2.47. The minimum atomic E-state index is -1.09. The van der Waals surface area contributed by atoms with E-state index in [4.69, 9.17) is 11.6 Å². The number of fused-ring (bicyclic) bond motifs is 1. The van der Waals surface area contributed by atoms with E-state index in [9.17, 15) is 29.1 Å². The number of hydrogen-bond donors (Lipinski definition) is 2. The number of aromatic nitrogens is 1. The van der Waals surface area contributed by atoms with Crippen molar-refractivity contribution in [3.05, 3.63) is 82.5 Å². The number of halogens is 3. The van der Waals surface area contributed by atoms with E-state index in [2.05, 4.69) is 6.07 Å². The SMILES string of the molecule is CC(C)(CC#N)c1c(-c2ccc(C(=O)O)cc2)c2c(O)cc(Cl)cc2n1-c1ccc(F)c(F)c1. The fraction of sp³-hybridized carbons (Fsp3) is 0.154. The maximum absolute atomic E-state index is 14.3. The third-order valence-electron chi connectivity index (χ3n) is 5.76. The maximum atomic E-state index is 14.3. The number of benzene rings is 3. The molecular weight excluding hydrogens is 462 g/mol. The number of rotatable bonds is 5. The molecule has 0 saturated carbocycles. The Morgan fingerprint density at radius 1 is 1.09 bits per heavy atom. The number of phenolic OH excluding ortho intramolecular Hbond substituents is 1. The van der Waals surface area contributed by atoms with Gasteiger partial charge in [0.15, 0.2) is 11.6 Å². The van der Waals surface area contributed by atoms with E-state index in [1.165, 1.54) is 24.3 Å². The van der Waals surface area contributed by atoms with Crippen LogP contribution >= 0.6 is 11.6 Å². The van der Waals surface area contributed by atoms with Gasteiger partial charge in [0.2, 0.25) is 0 Å². The average Bonchev–Trinajstić information content (AvgIpc) is 3.12. The van der Waals surface area contributed by atoms with E-state index in [0.29, 0.717) is 27.7 Å². The highest BCUT2D eigenvalue weighted by Gasteiger charge is 2.33. The number of aromatic carboxylic acids is 1. The van der Waals surface area contributed by atoms with Crippen LogP contribution in [0.3, 0.4) is 0 Å². The average molecular weight is 481 g/mol. The van der Waals surface area contributed by atoms with Crippen LogP contribution in [0.5, 0.6) is 5.75 Å². The Balaban J connectivity index is 2.21. The highest BCUT2D eigenvalue weighted by molar-refractivity contribution is 6.31. The Labute approximate surface area is 199 Å². The van der Waals surface area contributed by atoms with Gasteiger partial charge in [-0.1, -0.05) is 37.6 Å². The molecule has 0 aliphatic carbocycles. The lowest BCUT2D eigenvalue weighted by molar-refractivity contribution is 0.0697. The van der Waals surface area contributed by atoms with Gasteiger partial charge in [0.25, 0.3) is 0 Å². The van der Waals surface area contributed by atoms with E-state index >= 15 is 0 Å². The molecule has 0 atom stereocenters. The summed E-state index contributed by atoms with van der Waals surface area (Å²) in [5, 5.41) is 30.4. The molecule has 0 bridgehead atoms. The van der Waals surface area contributed by atoms with Gasteiger partial charge in [-0.05, 0) is 42.0 Å². The van der Waals surface area contributed by atoms with E-state index in [-0.39, 0.29) is 28.4 Å². The van der Waals surface area contributed by atoms with Crippen LogP contribution in [0, 0.1) is 23.0 Å². The Kier molecular flexibility index (Phi) is 5.80. The quantitative estimate of drug-likeness (QED) is 0.328. The lowest BCUT2D eigenvalue weighted by atomic mass is 9.81. The molecule has 8 heteroatoms. The standard InChI is InChI=1S/C26H19ClF2N2O3/c1-26(2,9-10-30)24-22(14-3-5-15(6-4-14)25(33)34)23-20(11-16(27)12-21(23)32)31(24)17-7-8-18(28)19(29)13-17/h3-8,11-13,32H,9H2,1-2H3,(H,33,34). The molecule has 172 valence electrons. The predicted molar refractivity (Wildman–Crippen MR) is 126 cm³/mol. The second-order valence-corrected chi connectivity index (χ2v) is 9.01. The van der Waals surface area contributed by atoms with Crippen LogP contribution in [0.15, 0.2) is 54.6 Å². The summed E-state index contributed by atoms with van der Waals surface area (Å²) >= 11 is 6.25. The molecule has 4 aromatic rings. The molecule has 0 radical (unpaired) electrons. The molecule has 0 unspecified atom stereocenters. The van der Waals surface area contributed by atoms with Crippen molar-refractivity contribution in [1.82, 2.24) is 4.57 Å². The summed E-state index contributed by atoms with van der Waals surface area (Å²) in [5.74, 6) is -3.30. The summed E-state index contributed by atoms with van der Waals surface area (Å²) in [6.07, 6.45) is 0.0711. The highest BCUT2D eigenvalue weighted by atomic mass is 35.5. The van der Waals surface area contributed by atoms with Crippen molar-refractivity contribution < 1.29 is 23.8 Å². The van der Waals surface area contributed by atoms with Gasteiger partial charge in [-0.15, -0.1) is 0 Å². The van der Waals surface area contributed by atoms with Gasteiger partial charge in [0.1, 0.15) is 5.75 Å². The van der Waals surface area contributed by atoms with E-state index in [0.717, 1.165) is 12.1 Å². The first-order chi connectivity index (χ1) is 16.0. The Morgan fingerprint density at radius 2 is 1.76 bits per heavy atom. The monoisotopic (exact) mass is 480 g/mol. The number of nitrogens with zero attached hydrogens (tertiary/aromatic N) is 2. The Hall–Kier alpha value is -3.89. The third kappa shape index (κ3) is 3.87. The molecule has 0 aliphatic rings. The molecule has 0 amide bonds. The van der Waals surface area contributed by atoms with Crippen molar-refractivity contribution in [2.24, 2.45) is 0 Å². The second kappa shape index (κ2) is 8.47. The molecule has 0 fully saturated rings. The number of hydrogen-bond acceptors (Lipinski definition) is 3. The Bertz CT molecular complexity index is 1490. The van der Waals surface area contributed by atoms with Crippen LogP contribution < -0.4 is 0 Å². The predicted octanol–water partition coefficient (Wildman–Crippen LogP) is 6.82. The van der Waals surface area contributed by atoms with Gasteiger partial charge in [-0.2, -0.15) is 5.26 Å². The molecule has 0 spiro atoms. The number of aromatic hydroxyl groups is 1. The summed E-state index contributed by atoms with van der Waals surface area (Å²) in [5.41, 5.74) is 1.63. The first kappa shape index (κ1) is 23.3. The number of nitriles is 1. The van der Waals surface area contributed by atoms with Gasteiger partial charge in [0.05, 0.1) is 22.5 Å². The molecule has 0 saturated heterocycles. The lowest BCUT2D eigenvalue weighted by Gasteiger charge is -2.26. The zero-order valence-electron chi connectivity index (χ0n) is 18.2. The molecule has 3 aromatic carbocycles. The normalized spacial score (nSPS) is 11.5. The molecule has 1 heterocycles. The maximum Gasteiger partial charge on any atom is 0.335 e. The van der Waals surface area contributed by atoms with Crippen LogP contribution in [0.25, 0.3) is 27.7 Å². The summed E-state index contributed by atoms with van der Waals surface area (Å²) in [4.78, 5) is 11.4. The number of carboxylic acid groups (broad SMARTS) is 1. The van der Waals surface area contributed by atoms with Gasteiger partial charge < -0.3 is 14.8 Å². The topological polar surface area (TPSA) is 86.2 Å². The summed E-state index contributed by atoms with van der Waals surface area (Å²) in [7, 11) is 0. The molecule has 2 N–H and O–H groups in total. The van der Waals surface area contributed by atoms with Crippen molar-refractivity contribution >= 4 is 28.5 Å². The van der Waals surface area contributed by atoms with Crippen molar-refractivity contribution in [2.75, 3.05) is 0 Å². The fourth-order valence-corrected chi connectivity index (χ4v) is 4.44. The summed E-state index contributed by atoms with van der Waals surface area (Å²) in [6.45, 7) is 3.66. The van der Waals surface area contributed by atoms with Gasteiger partial charge in [-0.25, -0.2) is 13.6 Å². The zero-order valence-corrected chi connectivity index (χ0v) is 19.0. The molecule has 0 aliphatic heterocycles. The first-order valence-corrected chi connectivity index (χ1v) is 10.7. The minimum Gasteiger partial charge on any atom is -0.507 e. The zero-order chi connectivity index (χ0) is 24.8. The van der Waals surface area contributed by atoms with E-state index < -0.39 is 23.0 Å².